The summed E-state index contributed by atoms with van der Waals surface area (Å²) in [5, 5.41) is 14.3. The Labute approximate surface area is 165 Å². The van der Waals surface area contributed by atoms with Gasteiger partial charge in [0.1, 0.15) is 0 Å². The van der Waals surface area contributed by atoms with Crippen LogP contribution in [-0.2, 0) is 6.18 Å². The van der Waals surface area contributed by atoms with Gasteiger partial charge in [0, 0.05) is 17.4 Å². The number of aryl methyl sites for hydroxylation is 1. The summed E-state index contributed by atoms with van der Waals surface area (Å²) < 4.78 is 40.0. The first-order chi connectivity index (χ1) is 13.3. The maximum absolute atomic E-state index is 13.1. The van der Waals surface area contributed by atoms with Crippen molar-refractivity contribution in [2.24, 2.45) is 0 Å². The van der Waals surface area contributed by atoms with Crippen molar-refractivity contribution in [3.8, 4) is 0 Å². The first-order valence-corrected chi connectivity index (χ1v) is 9.23. The van der Waals surface area contributed by atoms with Gasteiger partial charge in [-0.25, -0.2) is 4.98 Å². The first-order valence-electron chi connectivity index (χ1n) is 7.97. The SMILES string of the molecule is Cc1cc(Nc2nc(Nc3ccc(Cl)c(C(F)(F)F)c3)nc3ccsc23)n[nH]1. The van der Waals surface area contributed by atoms with E-state index < -0.39 is 11.7 Å². The van der Waals surface area contributed by atoms with Crippen molar-refractivity contribution in [1.29, 1.82) is 0 Å². The molecule has 0 amide bonds. The number of anilines is 4. The Balaban J connectivity index is 1.70. The molecule has 3 aromatic heterocycles. The van der Waals surface area contributed by atoms with Crippen LogP contribution in [0.4, 0.5) is 36.4 Å². The van der Waals surface area contributed by atoms with Crippen molar-refractivity contribution in [2.45, 2.75) is 13.1 Å². The predicted molar refractivity (Wildman–Crippen MR) is 104 cm³/mol. The third kappa shape index (κ3) is 3.73. The molecule has 3 N–H and O–H groups in total. The minimum atomic E-state index is -4.56. The fourth-order valence-electron chi connectivity index (χ4n) is 2.56. The highest BCUT2D eigenvalue weighted by atomic mass is 35.5. The molecular weight excluding hydrogens is 413 g/mol. The predicted octanol–water partition coefficient (Wildman–Crippen LogP) is 5.88. The van der Waals surface area contributed by atoms with Crippen molar-refractivity contribution >= 4 is 56.4 Å². The summed E-state index contributed by atoms with van der Waals surface area (Å²) in [7, 11) is 0. The maximum atomic E-state index is 13.1. The zero-order chi connectivity index (χ0) is 19.9. The molecule has 0 aliphatic carbocycles. The Kier molecular flexibility index (Phi) is 4.60. The molecule has 144 valence electrons. The van der Waals surface area contributed by atoms with Gasteiger partial charge in [0.15, 0.2) is 11.6 Å². The van der Waals surface area contributed by atoms with Gasteiger partial charge in [-0.3, -0.25) is 5.10 Å². The van der Waals surface area contributed by atoms with Gasteiger partial charge < -0.3 is 10.6 Å². The molecule has 0 saturated heterocycles. The van der Waals surface area contributed by atoms with Crippen LogP contribution < -0.4 is 10.6 Å². The van der Waals surface area contributed by atoms with E-state index in [9.17, 15) is 13.2 Å². The molecular formula is C17H12ClF3N6S. The van der Waals surface area contributed by atoms with Crippen molar-refractivity contribution in [2.75, 3.05) is 10.6 Å². The molecule has 28 heavy (non-hydrogen) atoms. The van der Waals surface area contributed by atoms with Gasteiger partial charge in [-0.05, 0) is 36.6 Å². The number of nitrogens with zero attached hydrogens (tertiary/aromatic N) is 3. The number of aromatic nitrogens is 4. The fraction of sp³-hybridized carbons (Fsp3) is 0.118. The van der Waals surface area contributed by atoms with Gasteiger partial charge in [-0.1, -0.05) is 11.6 Å². The van der Waals surface area contributed by atoms with Crippen LogP contribution in [0, 0.1) is 6.92 Å². The van der Waals surface area contributed by atoms with Crippen LogP contribution in [-0.4, -0.2) is 20.2 Å². The number of aromatic amines is 1. The molecule has 0 unspecified atom stereocenters. The quantitative estimate of drug-likeness (QED) is 0.381. The summed E-state index contributed by atoms with van der Waals surface area (Å²) in [4.78, 5) is 8.75. The zero-order valence-corrected chi connectivity index (χ0v) is 15.8. The number of rotatable bonds is 4. The van der Waals surface area contributed by atoms with Crippen molar-refractivity contribution < 1.29 is 13.2 Å². The second kappa shape index (κ2) is 6.95. The summed E-state index contributed by atoms with van der Waals surface area (Å²) in [5.74, 6) is 1.22. The van der Waals surface area contributed by atoms with Crippen molar-refractivity contribution in [1.82, 2.24) is 20.2 Å². The lowest BCUT2D eigenvalue weighted by atomic mass is 10.2. The van der Waals surface area contributed by atoms with Crippen LogP contribution in [0.25, 0.3) is 10.2 Å². The second-order valence-electron chi connectivity index (χ2n) is 5.91. The largest absolute Gasteiger partial charge is 0.417 e. The molecule has 0 fully saturated rings. The van der Waals surface area contributed by atoms with Gasteiger partial charge in [0.2, 0.25) is 5.95 Å². The molecule has 0 radical (unpaired) electrons. The minimum absolute atomic E-state index is 0.149. The van der Waals surface area contributed by atoms with Crippen LogP contribution in [0.15, 0.2) is 35.7 Å². The lowest BCUT2D eigenvalue weighted by Gasteiger charge is -2.12. The second-order valence-corrected chi connectivity index (χ2v) is 7.23. The van der Waals surface area contributed by atoms with E-state index in [-0.39, 0.29) is 16.7 Å². The smallest absolute Gasteiger partial charge is 0.324 e. The molecule has 6 nitrogen and oxygen atoms in total. The van der Waals surface area contributed by atoms with E-state index in [0.717, 1.165) is 16.5 Å². The number of H-pyrrole nitrogens is 1. The van der Waals surface area contributed by atoms with E-state index in [2.05, 4.69) is 30.8 Å². The van der Waals surface area contributed by atoms with E-state index in [1.807, 2.05) is 18.4 Å². The standard InChI is InChI=1S/C17H12ClF3N6S/c1-8-6-13(27-26-8)24-15-14-12(4-5-28-14)23-16(25-15)22-9-2-3-11(18)10(7-9)17(19,20)21/h2-7H,1H3,(H3,22,23,24,25,26,27). The number of alkyl halides is 3. The zero-order valence-electron chi connectivity index (χ0n) is 14.2. The lowest BCUT2D eigenvalue weighted by molar-refractivity contribution is -0.137. The van der Waals surface area contributed by atoms with Gasteiger partial charge in [-0.15, -0.1) is 11.3 Å². The number of nitrogens with one attached hydrogen (secondary N) is 3. The summed E-state index contributed by atoms with van der Waals surface area (Å²) in [5.41, 5.74) is 0.773. The Hall–Kier alpha value is -2.85. The number of thiophene rings is 1. The lowest BCUT2D eigenvalue weighted by Crippen LogP contribution is -2.07. The Morgan fingerprint density at radius 3 is 2.64 bits per heavy atom. The molecule has 0 bridgehead atoms. The Morgan fingerprint density at radius 1 is 1.11 bits per heavy atom. The molecule has 4 rings (SSSR count). The van der Waals surface area contributed by atoms with E-state index >= 15 is 0 Å². The van der Waals surface area contributed by atoms with Gasteiger partial charge in [-0.2, -0.15) is 23.3 Å². The number of hydrogen-bond donors (Lipinski definition) is 3. The van der Waals surface area contributed by atoms with Gasteiger partial charge >= 0.3 is 6.18 Å². The van der Waals surface area contributed by atoms with Crippen LogP contribution in [0.1, 0.15) is 11.3 Å². The van der Waals surface area contributed by atoms with E-state index in [0.29, 0.717) is 17.2 Å². The summed E-state index contributed by atoms with van der Waals surface area (Å²) >= 11 is 7.11. The number of benzene rings is 1. The van der Waals surface area contributed by atoms with Crippen LogP contribution in [0.5, 0.6) is 0 Å². The summed E-state index contributed by atoms with van der Waals surface area (Å²) in [6, 6.07) is 7.15. The molecule has 0 aliphatic heterocycles. The topological polar surface area (TPSA) is 78.5 Å². The van der Waals surface area contributed by atoms with Crippen LogP contribution in [0.2, 0.25) is 5.02 Å². The highest BCUT2D eigenvalue weighted by Crippen LogP contribution is 2.37. The third-order valence-corrected chi connectivity index (χ3v) is 5.02. The molecule has 0 spiro atoms. The number of halogens is 4. The average molecular weight is 425 g/mol. The molecule has 11 heteroatoms. The van der Waals surface area contributed by atoms with Crippen molar-refractivity contribution in [3.63, 3.8) is 0 Å². The molecule has 0 atom stereocenters. The fourth-order valence-corrected chi connectivity index (χ4v) is 3.56. The number of fused-ring (bicyclic) bond motifs is 1. The monoisotopic (exact) mass is 424 g/mol. The average Bonchev–Trinajstić information content (AvgIpc) is 3.24. The molecule has 0 saturated carbocycles. The molecule has 4 aromatic rings. The summed E-state index contributed by atoms with van der Waals surface area (Å²) in [6.45, 7) is 1.87. The molecule has 1 aromatic carbocycles. The summed E-state index contributed by atoms with van der Waals surface area (Å²) in [6.07, 6.45) is -4.56. The first kappa shape index (κ1) is 18.5. The molecule has 3 heterocycles. The van der Waals surface area contributed by atoms with E-state index in [4.69, 9.17) is 11.6 Å². The maximum Gasteiger partial charge on any atom is 0.417 e. The van der Waals surface area contributed by atoms with Crippen LogP contribution >= 0.6 is 22.9 Å². The third-order valence-electron chi connectivity index (χ3n) is 3.78. The Morgan fingerprint density at radius 2 is 1.93 bits per heavy atom. The normalized spacial score (nSPS) is 11.8. The van der Waals surface area contributed by atoms with Gasteiger partial charge in [0.25, 0.3) is 0 Å². The van der Waals surface area contributed by atoms with Crippen molar-refractivity contribution in [3.05, 3.63) is 52.0 Å². The highest BCUT2D eigenvalue weighted by Gasteiger charge is 2.33. The molecule has 0 aliphatic rings. The minimum Gasteiger partial charge on any atom is -0.324 e. The van der Waals surface area contributed by atoms with E-state index in [1.165, 1.54) is 23.5 Å². The van der Waals surface area contributed by atoms with Gasteiger partial charge in [0.05, 0.1) is 20.8 Å². The Bertz CT molecular complexity index is 1150. The van der Waals surface area contributed by atoms with E-state index in [1.54, 1.807) is 6.07 Å². The highest BCUT2D eigenvalue weighted by molar-refractivity contribution is 7.17. The van der Waals surface area contributed by atoms with Crippen LogP contribution in [0.3, 0.4) is 0 Å². The number of hydrogen-bond acceptors (Lipinski definition) is 6.